The van der Waals surface area contributed by atoms with Crippen LogP contribution in [0.3, 0.4) is 0 Å². The number of tetrazole rings is 1. The lowest BCUT2D eigenvalue weighted by molar-refractivity contribution is 0.782. The first-order valence-corrected chi connectivity index (χ1v) is 8.96. The van der Waals surface area contributed by atoms with Crippen LogP contribution in [0.2, 0.25) is 10.0 Å². The highest BCUT2D eigenvalue weighted by atomic mass is 35.5. The molecule has 27 heavy (non-hydrogen) atoms. The van der Waals surface area contributed by atoms with Crippen LogP contribution < -0.4 is 5.32 Å². The zero-order valence-electron chi connectivity index (χ0n) is 14.3. The third-order valence-corrected chi connectivity index (χ3v) is 4.77. The summed E-state index contributed by atoms with van der Waals surface area (Å²) in [6, 6.07) is 17.3. The van der Waals surface area contributed by atoms with E-state index in [1.807, 2.05) is 48.0 Å². The molecule has 0 unspecified atom stereocenters. The van der Waals surface area contributed by atoms with E-state index >= 15 is 0 Å². The van der Waals surface area contributed by atoms with Gasteiger partial charge in [-0.3, -0.25) is 0 Å². The van der Waals surface area contributed by atoms with E-state index in [-0.39, 0.29) is 0 Å². The Bertz CT molecular complexity index is 1070. The lowest BCUT2D eigenvalue weighted by atomic mass is 10.3. The van der Waals surface area contributed by atoms with Gasteiger partial charge in [-0.2, -0.15) is 9.78 Å². The SMILES string of the molecule is Cc1cc(CNc2nnnn2-c2cccc(Cl)c2Cl)n(-c2ccccc2)n1. The van der Waals surface area contributed by atoms with Crippen LogP contribution in [0.15, 0.2) is 54.6 Å². The lowest BCUT2D eigenvalue weighted by Crippen LogP contribution is -2.11. The molecule has 0 aliphatic heterocycles. The van der Waals surface area contributed by atoms with Crippen molar-refractivity contribution < 1.29 is 0 Å². The Morgan fingerprint density at radius 1 is 1.00 bits per heavy atom. The van der Waals surface area contributed by atoms with Gasteiger partial charge in [0.05, 0.1) is 39.4 Å². The van der Waals surface area contributed by atoms with E-state index in [2.05, 4.69) is 25.9 Å². The van der Waals surface area contributed by atoms with Crippen LogP contribution in [0.5, 0.6) is 0 Å². The Balaban J connectivity index is 1.62. The molecule has 1 N–H and O–H groups in total. The Morgan fingerprint density at radius 3 is 2.63 bits per heavy atom. The quantitative estimate of drug-likeness (QED) is 0.547. The van der Waals surface area contributed by atoms with E-state index in [0.717, 1.165) is 17.1 Å². The van der Waals surface area contributed by atoms with Gasteiger partial charge >= 0.3 is 0 Å². The van der Waals surface area contributed by atoms with Crippen molar-refractivity contribution in [3.05, 3.63) is 76.0 Å². The van der Waals surface area contributed by atoms with Gasteiger partial charge in [-0.1, -0.05) is 52.6 Å². The summed E-state index contributed by atoms with van der Waals surface area (Å²) in [5, 5.41) is 20.4. The number of aromatic nitrogens is 6. The summed E-state index contributed by atoms with van der Waals surface area (Å²) in [4.78, 5) is 0. The average Bonchev–Trinajstić information content (AvgIpc) is 3.29. The summed E-state index contributed by atoms with van der Waals surface area (Å²) in [6.07, 6.45) is 0. The first kappa shape index (κ1) is 17.5. The zero-order chi connectivity index (χ0) is 18.8. The van der Waals surface area contributed by atoms with Crippen LogP contribution in [0.1, 0.15) is 11.4 Å². The predicted octanol–water partition coefficient (Wildman–Crippen LogP) is 4.08. The molecule has 0 bridgehead atoms. The molecular formula is C18H15Cl2N7. The van der Waals surface area contributed by atoms with Gasteiger partial charge in [0.2, 0.25) is 5.95 Å². The summed E-state index contributed by atoms with van der Waals surface area (Å²) in [6.45, 7) is 2.44. The number of para-hydroxylation sites is 1. The molecule has 0 aliphatic carbocycles. The van der Waals surface area contributed by atoms with E-state index in [0.29, 0.717) is 28.2 Å². The van der Waals surface area contributed by atoms with E-state index in [9.17, 15) is 0 Å². The molecule has 2 heterocycles. The van der Waals surface area contributed by atoms with E-state index in [4.69, 9.17) is 23.2 Å². The fraction of sp³-hybridized carbons (Fsp3) is 0.111. The second kappa shape index (κ2) is 7.38. The Labute approximate surface area is 165 Å². The molecule has 9 heteroatoms. The van der Waals surface area contributed by atoms with Gasteiger partial charge in [-0.15, -0.1) is 0 Å². The maximum atomic E-state index is 6.29. The van der Waals surface area contributed by atoms with E-state index < -0.39 is 0 Å². The van der Waals surface area contributed by atoms with Crippen LogP contribution in [0.4, 0.5) is 5.95 Å². The lowest BCUT2D eigenvalue weighted by Gasteiger charge is -2.10. The molecule has 4 aromatic rings. The first-order valence-electron chi connectivity index (χ1n) is 8.21. The van der Waals surface area contributed by atoms with Crippen LogP contribution in [0, 0.1) is 6.92 Å². The minimum atomic E-state index is 0.389. The van der Waals surface area contributed by atoms with Crippen molar-refractivity contribution in [2.75, 3.05) is 5.32 Å². The summed E-state index contributed by atoms with van der Waals surface area (Å²) in [5.41, 5.74) is 3.49. The van der Waals surface area contributed by atoms with Gasteiger partial charge in [-0.25, -0.2) is 4.68 Å². The highest BCUT2D eigenvalue weighted by Crippen LogP contribution is 2.29. The fourth-order valence-electron chi connectivity index (χ4n) is 2.76. The second-order valence-corrected chi connectivity index (χ2v) is 6.65. The van der Waals surface area contributed by atoms with Crippen molar-refractivity contribution in [3.63, 3.8) is 0 Å². The molecule has 136 valence electrons. The Hall–Kier alpha value is -2.90. The minimum Gasteiger partial charge on any atom is -0.347 e. The number of nitrogens with zero attached hydrogens (tertiary/aromatic N) is 6. The third kappa shape index (κ3) is 3.51. The highest BCUT2D eigenvalue weighted by molar-refractivity contribution is 6.43. The van der Waals surface area contributed by atoms with E-state index in [1.54, 1.807) is 18.2 Å². The van der Waals surface area contributed by atoms with Gasteiger partial charge in [0.25, 0.3) is 0 Å². The maximum absolute atomic E-state index is 6.29. The number of benzene rings is 2. The molecule has 0 fully saturated rings. The number of rotatable bonds is 5. The molecule has 0 spiro atoms. The molecule has 2 aromatic carbocycles. The summed E-state index contributed by atoms with van der Waals surface area (Å²) >= 11 is 12.4. The minimum absolute atomic E-state index is 0.389. The molecule has 0 radical (unpaired) electrons. The third-order valence-electron chi connectivity index (χ3n) is 3.96. The summed E-state index contributed by atoms with van der Waals surface area (Å²) in [5.74, 6) is 0.456. The van der Waals surface area contributed by atoms with Crippen molar-refractivity contribution in [2.24, 2.45) is 0 Å². The number of halogens is 2. The largest absolute Gasteiger partial charge is 0.347 e. The maximum Gasteiger partial charge on any atom is 0.248 e. The van der Waals surface area contributed by atoms with Crippen molar-refractivity contribution >= 4 is 29.2 Å². The standard InChI is InChI=1S/C18H15Cl2N7/c1-12-10-14(26(23-12)13-6-3-2-4-7-13)11-21-18-22-24-25-27(18)16-9-5-8-15(19)17(16)20/h2-10H,11H2,1H3,(H,21,22,25). The average molecular weight is 400 g/mol. The second-order valence-electron chi connectivity index (χ2n) is 5.87. The summed E-state index contributed by atoms with van der Waals surface area (Å²) < 4.78 is 3.41. The topological polar surface area (TPSA) is 73.5 Å². The van der Waals surface area contributed by atoms with Gasteiger partial charge in [0.15, 0.2) is 0 Å². The fourth-order valence-corrected chi connectivity index (χ4v) is 3.13. The molecule has 0 saturated carbocycles. The monoisotopic (exact) mass is 399 g/mol. The molecular weight excluding hydrogens is 385 g/mol. The van der Waals surface area contributed by atoms with Gasteiger partial charge in [0.1, 0.15) is 0 Å². The molecule has 4 rings (SSSR count). The first-order chi connectivity index (χ1) is 13.1. The molecule has 0 aliphatic rings. The Morgan fingerprint density at radius 2 is 1.81 bits per heavy atom. The Kier molecular flexibility index (Phi) is 4.79. The summed E-state index contributed by atoms with van der Waals surface area (Å²) in [7, 11) is 0. The number of hydrogen-bond acceptors (Lipinski definition) is 5. The van der Waals surface area contributed by atoms with Crippen molar-refractivity contribution in [1.29, 1.82) is 0 Å². The molecule has 0 saturated heterocycles. The molecule has 2 aromatic heterocycles. The number of aryl methyl sites for hydroxylation is 1. The molecule has 0 atom stereocenters. The smallest absolute Gasteiger partial charge is 0.248 e. The predicted molar refractivity (Wildman–Crippen MR) is 105 cm³/mol. The van der Waals surface area contributed by atoms with Crippen molar-refractivity contribution in [1.82, 2.24) is 30.0 Å². The van der Waals surface area contributed by atoms with E-state index in [1.165, 1.54) is 4.68 Å². The van der Waals surface area contributed by atoms with Crippen molar-refractivity contribution in [2.45, 2.75) is 13.5 Å². The van der Waals surface area contributed by atoms with Crippen LogP contribution in [-0.4, -0.2) is 30.0 Å². The van der Waals surface area contributed by atoms with Gasteiger partial charge in [-0.05, 0) is 47.7 Å². The molecule has 7 nitrogen and oxygen atoms in total. The molecule has 0 amide bonds. The highest BCUT2D eigenvalue weighted by Gasteiger charge is 2.14. The number of nitrogens with one attached hydrogen (secondary N) is 1. The zero-order valence-corrected chi connectivity index (χ0v) is 15.9. The number of hydrogen-bond donors (Lipinski definition) is 1. The van der Waals surface area contributed by atoms with Gasteiger partial charge in [0, 0.05) is 0 Å². The van der Waals surface area contributed by atoms with Crippen LogP contribution >= 0.6 is 23.2 Å². The van der Waals surface area contributed by atoms with Crippen LogP contribution in [-0.2, 0) is 6.54 Å². The van der Waals surface area contributed by atoms with Crippen LogP contribution in [0.25, 0.3) is 11.4 Å². The number of anilines is 1. The van der Waals surface area contributed by atoms with Crippen molar-refractivity contribution in [3.8, 4) is 11.4 Å². The normalized spacial score (nSPS) is 10.9. The van der Waals surface area contributed by atoms with Gasteiger partial charge < -0.3 is 5.32 Å².